The average Bonchev–Trinajstić information content (AvgIpc) is 2.54. The number of hydrogen-bond donors (Lipinski definition) is 1. The van der Waals surface area contributed by atoms with Crippen LogP contribution in [0, 0.1) is 0 Å². The topological polar surface area (TPSA) is 29.1 Å². The Balaban J connectivity index is 1.60. The number of carbonyl (C=O) groups is 1. The van der Waals surface area contributed by atoms with Crippen LogP contribution >= 0.6 is 23.4 Å². The Labute approximate surface area is 140 Å². The first-order valence-corrected chi connectivity index (χ1v) is 8.85. The van der Waals surface area contributed by atoms with Crippen molar-refractivity contribution in [1.29, 1.82) is 0 Å². The largest absolute Gasteiger partial charge is 0.349 e. The fraction of sp³-hybridized carbons (Fsp3) is 0.278. The van der Waals surface area contributed by atoms with Crippen LogP contribution in [0.25, 0.3) is 0 Å². The van der Waals surface area contributed by atoms with Crippen molar-refractivity contribution in [3.8, 4) is 0 Å². The molecule has 0 unspecified atom stereocenters. The van der Waals surface area contributed by atoms with E-state index < -0.39 is 0 Å². The standard InChI is InChI=1S/C18H18ClNOS/c19-15-9-3-4-11-17(15)22-12-18(21)20-16-10-5-7-13-6-1-2-8-14(13)16/h1-4,6,8-9,11,16H,5,7,10,12H2,(H,20,21)/t16-/m1/s1. The van der Waals surface area contributed by atoms with Gasteiger partial charge in [-0.25, -0.2) is 0 Å². The van der Waals surface area contributed by atoms with Crippen LogP contribution in [-0.2, 0) is 11.2 Å². The molecule has 3 rings (SSSR count). The summed E-state index contributed by atoms with van der Waals surface area (Å²) in [6.45, 7) is 0. The van der Waals surface area contributed by atoms with E-state index in [0.29, 0.717) is 10.8 Å². The third kappa shape index (κ3) is 3.65. The summed E-state index contributed by atoms with van der Waals surface area (Å²) in [6.07, 6.45) is 3.25. The minimum Gasteiger partial charge on any atom is -0.349 e. The molecule has 2 aromatic rings. The van der Waals surface area contributed by atoms with Crippen LogP contribution in [0.1, 0.15) is 30.0 Å². The lowest BCUT2D eigenvalue weighted by Gasteiger charge is -2.26. The van der Waals surface area contributed by atoms with Crippen LogP contribution in [-0.4, -0.2) is 11.7 Å². The molecule has 114 valence electrons. The van der Waals surface area contributed by atoms with Gasteiger partial charge < -0.3 is 5.32 Å². The molecule has 1 aliphatic carbocycles. The normalized spacial score (nSPS) is 16.9. The highest BCUT2D eigenvalue weighted by Crippen LogP contribution is 2.30. The van der Waals surface area contributed by atoms with Crippen LogP contribution in [0.2, 0.25) is 5.02 Å². The smallest absolute Gasteiger partial charge is 0.230 e. The molecule has 0 saturated heterocycles. The summed E-state index contributed by atoms with van der Waals surface area (Å²) in [5.41, 5.74) is 2.63. The zero-order chi connectivity index (χ0) is 15.4. The van der Waals surface area contributed by atoms with Crippen molar-refractivity contribution >= 4 is 29.3 Å². The molecule has 4 heteroatoms. The van der Waals surface area contributed by atoms with Crippen LogP contribution in [0.3, 0.4) is 0 Å². The Morgan fingerprint density at radius 2 is 1.95 bits per heavy atom. The summed E-state index contributed by atoms with van der Waals surface area (Å²) < 4.78 is 0. The van der Waals surface area contributed by atoms with Crippen molar-refractivity contribution in [3.63, 3.8) is 0 Å². The van der Waals surface area contributed by atoms with E-state index in [2.05, 4.69) is 23.5 Å². The molecule has 0 radical (unpaired) electrons. The van der Waals surface area contributed by atoms with Gasteiger partial charge in [-0.05, 0) is 42.5 Å². The van der Waals surface area contributed by atoms with Gasteiger partial charge in [-0.2, -0.15) is 0 Å². The number of rotatable bonds is 4. The van der Waals surface area contributed by atoms with Crippen LogP contribution in [0.4, 0.5) is 0 Å². The molecular formula is C18H18ClNOS. The van der Waals surface area contributed by atoms with Gasteiger partial charge in [0.15, 0.2) is 0 Å². The lowest BCUT2D eigenvalue weighted by Crippen LogP contribution is -2.32. The molecule has 0 spiro atoms. The van der Waals surface area contributed by atoms with E-state index in [0.717, 1.165) is 24.2 Å². The van der Waals surface area contributed by atoms with Gasteiger partial charge >= 0.3 is 0 Å². The lowest BCUT2D eigenvalue weighted by atomic mass is 9.88. The predicted molar refractivity (Wildman–Crippen MR) is 92.4 cm³/mol. The number of fused-ring (bicyclic) bond motifs is 1. The van der Waals surface area contributed by atoms with Gasteiger partial charge in [0, 0.05) is 4.90 Å². The summed E-state index contributed by atoms with van der Waals surface area (Å²) in [6, 6.07) is 16.2. The molecule has 0 bridgehead atoms. The SMILES string of the molecule is O=C(CSc1ccccc1Cl)N[C@@H]1CCCc2ccccc21. The number of aryl methyl sites for hydroxylation is 1. The van der Waals surface area contributed by atoms with E-state index in [-0.39, 0.29) is 11.9 Å². The highest BCUT2D eigenvalue weighted by atomic mass is 35.5. The Morgan fingerprint density at radius 3 is 2.82 bits per heavy atom. The minimum absolute atomic E-state index is 0.0617. The van der Waals surface area contributed by atoms with Crippen molar-refractivity contribution < 1.29 is 4.79 Å². The van der Waals surface area contributed by atoms with Crippen molar-refractivity contribution in [2.24, 2.45) is 0 Å². The maximum Gasteiger partial charge on any atom is 0.230 e. The predicted octanol–water partition coefficient (Wildman–Crippen LogP) is 4.63. The first-order valence-electron chi connectivity index (χ1n) is 7.48. The molecule has 1 atom stereocenters. The van der Waals surface area contributed by atoms with E-state index in [1.54, 1.807) is 0 Å². The van der Waals surface area contributed by atoms with E-state index in [4.69, 9.17) is 11.6 Å². The molecular weight excluding hydrogens is 314 g/mol. The molecule has 22 heavy (non-hydrogen) atoms. The lowest BCUT2D eigenvalue weighted by molar-refractivity contribution is -0.119. The van der Waals surface area contributed by atoms with Crippen molar-refractivity contribution in [1.82, 2.24) is 5.32 Å². The average molecular weight is 332 g/mol. The second-order valence-corrected chi connectivity index (χ2v) is 6.85. The number of amides is 1. The van der Waals surface area contributed by atoms with Gasteiger partial charge in [0.25, 0.3) is 0 Å². The molecule has 0 heterocycles. The number of halogens is 1. The number of benzene rings is 2. The van der Waals surface area contributed by atoms with Crippen LogP contribution in [0.15, 0.2) is 53.4 Å². The van der Waals surface area contributed by atoms with Crippen molar-refractivity contribution in [2.75, 3.05) is 5.75 Å². The third-order valence-corrected chi connectivity index (χ3v) is 5.42. The maximum absolute atomic E-state index is 12.2. The van der Waals surface area contributed by atoms with Crippen LogP contribution in [0.5, 0.6) is 0 Å². The van der Waals surface area contributed by atoms with Crippen LogP contribution < -0.4 is 5.32 Å². The Kier molecular flexibility index (Phi) is 5.06. The van der Waals surface area contributed by atoms with Gasteiger partial charge in [0.1, 0.15) is 0 Å². The molecule has 2 nitrogen and oxygen atoms in total. The summed E-state index contributed by atoms with van der Waals surface area (Å²) in [5.74, 6) is 0.453. The van der Waals surface area contributed by atoms with E-state index in [1.165, 1.54) is 22.9 Å². The fourth-order valence-electron chi connectivity index (χ4n) is 2.84. The highest BCUT2D eigenvalue weighted by Gasteiger charge is 2.21. The minimum atomic E-state index is 0.0617. The Bertz CT molecular complexity index is 674. The molecule has 1 aliphatic rings. The summed E-state index contributed by atoms with van der Waals surface area (Å²) in [4.78, 5) is 13.2. The summed E-state index contributed by atoms with van der Waals surface area (Å²) in [5, 5.41) is 3.86. The van der Waals surface area contributed by atoms with E-state index in [1.807, 2.05) is 30.3 Å². The molecule has 1 N–H and O–H groups in total. The molecule has 0 fully saturated rings. The van der Waals surface area contributed by atoms with Crippen molar-refractivity contribution in [2.45, 2.75) is 30.2 Å². The van der Waals surface area contributed by atoms with Gasteiger partial charge in [-0.3, -0.25) is 4.79 Å². The summed E-state index contributed by atoms with van der Waals surface area (Å²) >= 11 is 7.60. The number of hydrogen-bond acceptors (Lipinski definition) is 2. The number of nitrogens with one attached hydrogen (secondary N) is 1. The number of thioether (sulfide) groups is 1. The zero-order valence-electron chi connectivity index (χ0n) is 12.2. The van der Waals surface area contributed by atoms with Crippen molar-refractivity contribution in [3.05, 3.63) is 64.7 Å². The highest BCUT2D eigenvalue weighted by molar-refractivity contribution is 8.00. The number of carbonyl (C=O) groups excluding carboxylic acids is 1. The molecule has 2 aromatic carbocycles. The quantitative estimate of drug-likeness (QED) is 0.828. The van der Waals surface area contributed by atoms with Gasteiger partial charge in [-0.1, -0.05) is 48.0 Å². The Morgan fingerprint density at radius 1 is 1.18 bits per heavy atom. The molecule has 0 aromatic heterocycles. The first-order chi connectivity index (χ1) is 10.7. The van der Waals surface area contributed by atoms with Gasteiger partial charge in [-0.15, -0.1) is 11.8 Å². The Hall–Kier alpha value is -1.45. The third-order valence-electron chi connectivity index (χ3n) is 3.90. The first kappa shape index (κ1) is 15.4. The van der Waals surface area contributed by atoms with E-state index in [9.17, 15) is 4.79 Å². The summed E-state index contributed by atoms with van der Waals surface area (Å²) in [7, 11) is 0. The maximum atomic E-state index is 12.2. The fourth-order valence-corrected chi connectivity index (χ4v) is 3.90. The molecule has 1 amide bonds. The molecule has 0 saturated carbocycles. The molecule has 0 aliphatic heterocycles. The second-order valence-electron chi connectivity index (χ2n) is 5.43. The monoisotopic (exact) mass is 331 g/mol. The van der Waals surface area contributed by atoms with E-state index >= 15 is 0 Å². The second kappa shape index (κ2) is 7.21. The van der Waals surface area contributed by atoms with Gasteiger partial charge in [0.05, 0.1) is 16.8 Å². The zero-order valence-corrected chi connectivity index (χ0v) is 13.8. The van der Waals surface area contributed by atoms with Gasteiger partial charge in [0.2, 0.25) is 5.91 Å².